The quantitative estimate of drug-likeness (QED) is 0.579. The Bertz CT molecular complexity index is 951. The van der Waals surface area contributed by atoms with Crippen LogP contribution in [0, 0.1) is 0 Å². The number of carbonyl (C=O) groups excluding carboxylic acids is 2. The van der Waals surface area contributed by atoms with Gasteiger partial charge in [-0.15, -0.1) is 0 Å². The number of imide groups is 1. The van der Waals surface area contributed by atoms with Gasteiger partial charge < -0.3 is 14.9 Å². The lowest BCUT2D eigenvalue weighted by atomic mass is 9.84. The fourth-order valence-electron chi connectivity index (χ4n) is 3.99. The maximum absolute atomic E-state index is 12.3. The number of nitrogens with zero attached hydrogens (tertiary/aromatic N) is 2. The van der Waals surface area contributed by atoms with E-state index in [-0.39, 0.29) is 35.7 Å². The number of hydrogen-bond donors (Lipinski definition) is 3. The molecule has 2 unspecified atom stereocenters. The summed E-state index contributed by atoms with van der Waals surface area (Å²) in [5.41, 5.74) is 1.99. The smallest absolute Gasteiger partial charge is 0.490 e. The Labute approximate surface area is 201 Å². The lowest BCUT2D eigenvalue weighted by Crippen LogP contribution is -2.49. The average Bonchev–Trinajstić information content (AvgIpc) is 2.68. The molecular weight excluding hydrogens is 471 g/mol. The second kappa shape index (κ2) is 10.8. The summed E-state index contributed by atoms with van der Waals surface area (Å²) in [4.78, 5) is 36.6. The van der Waals surface area contributed by atoms with Crippen molar-refractivity contribution in [3.05, 3.63) is 23.3 Å². The van der Waals surface area contributed by atoms with Crippen LogP contribution in [-0.2, 0) is 26.3 Å². The van der Waals surface area contributed by atoms with E-state index in [0.29, 0.717) is 18.8 Å². The number of aromatic hydroxyl groups is 1. The second-order valence-corrected chi connectivity index (χ2v) is 9.76. The lowest BCUT2D eigenvalue weighted by molar-refractivity contribution is -0.192. The normalized spacial score (nSPS) is 21.8. The number of anilines is 1. The minimum absolute atomic E-state index is 0.134. The summed E-state index contributed by atoms with van der Waals surface area (Å²) < 4.78 is 37.5. The van der Waals surface area contributed by atoms with Gasteiger partial charge >= 0.3 is 18.2 Å². The molecule has 1 aromatic rings. The van der Waals surface area contributed by atoms with Crippen molar-refractivity contribution in [1.29, 1.82) is 0 Å². The molecular formula is C23H32F3N3O6. The van der Waals surface area contributed by atoms with Gasteiger partial charge in [-0.2, -0.15) is 13.2 Å². The molecule has 2 atom stereocenters. The molecule has 0 spiro atoms. The molecule has 196 valence electrons. The van der Waals surface area contributed by atoms with Crippen LogP contribution in [0.5, 0.6) is 5.75 Å². The van der Waals surface area contributed by atoms with E-state index in [1.54, 1.807) is 4.90 Å². The minimum Gasteiger partial charge on any atom is -0.507 e. The van der Waals surface area contributed by atoms with Crippen LogP contribution in [0.15, 0.2) is 12.1 Å². The molecule has 3 amide bonds. The van der Waals surface area contributed by atoms with Crippen LogP contribution in [0.25, 0.3) is 0 Å². The van der Waals surface area contributed by atoms with Gasteiger partial charge in [0, 0.05) is 49.4 Å². The number of ether oxygens (including phenoxy) is 1. The monoisotopic (exact) mass is 503 g/mol. The van der Waals surface area contributed by atoms with Gasteiger partial charge in [0.2, 0.25) is 5.91 Å². The van der Waals surface area contributed by atoms with Crippen molar-refractivity contribution >= 4 is 23.6 Å². The maximum atomic E-state index is 12.3. The Morgan fingerprint density at radius 3 is 2.14 bits per heavy atom. The number of halogens is 3. The Hall–Kier alpha value is -2.86. The highest BCUT2D eigenvalue weighted by molar-refractivity contribution is 6.05. The number of carbonyl (C=O) groups is 3. The standard InChI is InChI=1S/C21H31N3O4.C2HF3O2/c1-13-10-23(11-14(2)28-13)12-15-8-16(9-17(19(15)26)21(3,4)5)24-7-6-18(25)22-20(24)27;3-2(4,5)1(6)7/h8-9,13-14,26H,6-7,10-12H2,1-5H3,(H,22,25,27);(H,6,7). The minimum atomic E-state index is -5.08. The molecule has 2 aliphatic heterocycles. The third kappa shape index (κ3) is 7.82. The van der Waals surface area contributed by atoms with Gasteiger partial charge in [0.05, 0.1) is 12.2 Å². The first-order chi connectivity index (χ1) is 16.0. The summed E-state index contributed by atoms with van der Waals surface area (Å²) in [5, 5.41) is 20.5. The van der Waals surface area contributed by atoms with Crippen molar-refractivity contribution < 1.29 is 42.5 Å². The summed E-state index contributed by atoms with van der Waals surface area (Å²) in [6.07, 6.45) is -4.55. The van der Waals surface area contributed by atoms with E-state index in [2.05, 4.69) is 24.1 Å². The topological polar surface area (TPSA) is 119 Å². The highest BCUT2D eigenvalue weighted by Gasteiger charge is 2.38. The van der Waals surface area contributed by atoms with Gasteiger partial charge in [0.1, 0.15) is 5.75 Å². The average molecular weight is 504 g/mol. The summed E-state index contributed by atoms with van der Waals surface area (Å²) in [6.45, 7) is 12.7. The number of carboxylic acids is 1. The first kappa shape index (κ1) is 28.4. The summed E-state index contributed by atoms with van der Waals surface area (Å²) in [5.74, 6) is -2.74. The van der Waals surface area contributed by atoms with E-state index < -0.39 is 18.2 Å². The van der Waals surface area contributed by atoms with E-state index in [9.17, 15) is 27.9 Å². The second-order valence-electron chi connectivity index (χ2n) is 9.76. The van der Waals surface area contributed by atoms with Gasteiger partial charge in [-0.1, -0.05) is 20.8 Å². The molecule has 3 N–H and O–H groups in total. The Kier molecular flexibility index (Phi) is 8.77. The van der Waals surface area contributed by atoms with E-state index in [1.165, 1.54) is 0 Å². The summed E-state index contributed by atoms with van der Waals surface area (Å²) in [7, 11) is 0. The first-order valence-corrected chi connectivity index (χ1v) is 11.1. The third-order valence-corrected chi connectivity index (χ3v) is 5.48. The number of aliphatic carboxylic acids is 1. The van der Waals surface area contributed by atoms with Crippen LogP contribution in [0.2, 0.25) is 0 Å². The molecule has 12 heteroatoms. The zero-order valence-electron chi connectivity index (χ0n) is 20.4. The molecule has 0 saturated carbocycles. The zero-order valence-corrected chi connectivity index (χ0v) is 20.4. The number of benzene rings is 1. The fraction of sp³-hybridized carbons (Fsp3) is 0.609. The number of hydrogen-bond acceptors (Lipinski definition) is 6. The molecule has 35 heavy (non-hydrogen) atoms. The number of phenolic OH excluding ortho intramolecular Hbond substituents is 1. The van der Waals surface area contributed by atoms with Crippen molar-refractivity contribution in [2.45, 2.75) is 71.4 Å². The zero-order chi connectivity index (χ0) is 26.7. The van der Waals surface area contributed by atoms with Crippen LogP contribution in [0.1, 0.15) is 52.2 Å². The predicted molar refractivity (Wildman–Crippen MR) is 121 cm³/mol. The van der Waals surface area contributed by atoms with Crippen molar-refractivity contribution in [1.82, 2.24) is 10.2 Å². The fourth-order valence-corrected chi connectivity index (χ4v) is 3.99. The van der Waals surface area contributed by atoms with Crippen LogP contribution >= 0.6 is 0 Å². The van der Waals surface area contributed by atoms with Crippen LogP contribution in [0.3, 0.4) is 0 Å². The van der Waals surface area contributed by atoms with Gasteiger partial charge in [-0.25, -0.2) is 9.59 Å². The lowest BCUT2D eigenvalue weighted by Gasteiger charge is -2.36. The molecule has 2 heterocycles. The van der Waals surface area contributed by atoms with Gasteiger partial charge in [-0.05, 0) is 31.4 Å². The number of alkyl halides is 3. The number of morpholine rings is 1. The summed E-state index contributed by atoms with van der Waals surface area (Å²) >= 11 is 0. The number of phenols is 1. The van der Waals surface area contributed by atoms with Crippen molar-refractivity contribution in [3.63, 3.8) is 0 Å². The predicted octanol–water partition coefficient (Wildman–Crippen LogP) is 3.38. The molecule has 2 fully saturated rings. The van der Waals surface area contributed by atoms with E-state index in [4.69, 9.17) is 14.6 Å². The molecule has 0 aromatic heterocycles. The Morgan fingerprint density at radius 2 is 1.69 bits per heavy atom. The molecule has 2 saturated heterocycles. The molecule has 0 aliphatic carbocycles. The number of urea groups is 1. The highest BCUT2D eigenvalue weighted by Crippen LogP contribution is 2.38. The van der Waals surface area contributed by atoms with Gasteiger partial charge in [0.25, 0.3) is 0 Å². The molecule has 0 radical (unpaired) electrons. The van der Waals surface area contributed by atoms with Crippen LogP contribution < -0.4 is 10.2 Å². The largest absolute Gasteiger partial charge is 0.507 e. The first-order valence-electron chi connectivity index (χ1n) is 11.1. The van der Waals surface area contributed by atoms with Crippen molar-refractivity contribution in [3.8, 4) is 5.75 Å². The highest BCUT2D eigenvalue weighted by atomic mass is 19.4. The van der Waals surface area contributed by atoms with E-state index >= 15 is 0 Å². The molecule has 2 aliphatic rings. The number of carboxylic acid groups (broad SMARTS) is 1. The van der Waals surface area contributed by atoms with Crippen LogP contribution in [0.4, 0.5) is 23.7 Å². The SMILES string of the molecule is CC1CN(Cc2cc(N3CCC(=O)NC3=O)cc(C(C)(C)C)c2O)CC(C)O1.O=C(O)C(F)(F)F. The molecule has 1 aromatic carbocycles. The van der Waals surface area contributed by atoms with Gasteiger partial charge in [0.15, 0.2) is 0 Å². The van der Waals surface area contributed by atoms with Crippen LogP contribution in [-0.4, -0.2) is 71.0 Å². The third-order valence-electron chi connectivity index (χ3n) is 5.48. The molecule has 3 rings (SSSR count). The Balaban J connectivity index is 0.000000540. The van der Waals surface area contributed by atoms with Crippen molar-refractivity contribution in [2.75, 3.05) is 24.5 Å². The number of nitrogens with one attached hydrogen (secondary N) is 1. The molecule has 0 bridgehead atoms. The summed E-state index contributed by atoms with van der Waals surface area (Å²) in [6, 6.07) is 3.31. The maximum Gasteiger partial charge on any atom is 0.490 e. The van der Waals surface area contributed by atoms with E-state index in [0.717, 1.165) is 24.2 Å². The molecule has 9 nitrogen and oxygen atoms in total. The Morgan fingerprint density at radius 1 is 1.14 bits per heavy atom. The van der Waals surface area contributed by atoms with Crippen molar-refractivity contribution in [2.24, 2.45) is 0 Å². The number of amides is 3. The van der Waals surface area contributed by atoms with Gasteiger partial charge in [-0.3, -0.25) is 19.9 Å². The van der Waals surface area contributed by atoms with E-state index in [1.807, 2.05) is 32.9 Å². The number of rotatable bonds is 3.